The van der Waals surface area contributed by atoms with Gasteiger partial charge in [0.1, 0.15) is 12.4 Å². The first-order chi connectivity index (χ1) is 16.3. The highest BCUT2D eigenvalue weighted by molar-refractivity contribution is 7.90. The Kier molecular flexibility index (Phi) is 7.13. The zero-order valence-electron chi connectivity index (χ0n) is 18.0. The highest BCUT2D eigenvalue weighted by Crippen LogP contribution is 2.29. The summed E-state index contributed by atoms with van der Waals surface area (Å²) in [6.45, 7) is -1.08. The van der Waals surface area contributed by atoms with Crippen molar-refractivity contribution in [2.24, 2.45) is 0 Å². The molecule has 4 rings (SSSR count). The summed E-state index contributed by atoms with van der Waals surface area (Å²) >= 11 is -1.59. The number of hydrogen-bond acceptors (Lipinski definition) is 6. The van der Waals surface area contributed by atoms with Crippen molar-refractivity contribution in [1.29, 1.82) is 0 Å². The maximum atomic E-state index is 12.9. The molecule has 0 aliphatic rings. The van der Waals surface area contributed by atoms with Crippen molar-refractivity contribution in [2.45, 2.75) is 23.7 Å². The van der Waals surface area contributed by atoms with Gasteiger partial charge in [0.15, 0.2) is 23.9 Å². The molecule has 0 fully saturated rings. The fourth-order valence-electron chi connectivity index (χ4n) is 3.07. The van der Waals surface area contributed by atoms with Gasteiger partial charge in [-0.2, -0.15) is 18.2 Å². The van der Waals surface area contributed by atoms with E-state index in [4.69, 9.17) is 14.2 Å². The molecule has 7 nitrogen and oxygen atoms in total. The van der Waals surface area contributed by atoms with Crippen molar-refractivity contribution in [3.63, 3.8) is 0 Å². The molecular formula is C23H20F3N3O4S. The minimum Gasteiger partial charge on any atom is -0.609 e. The van der Waals surface area contributed by atoms with Crippen LogP contribution < -0.4 is 14.2 Å². The number of fused-ring (bicyclic) bond motifs is 1. The Morgan fingerprint density at radius 1 is 1.03 bits per heavy atom. The van der Waals surface area contributed by atoms with E-state index in [1.807, 2.05) is 30.3 Å². The minimum atomic E-state index is -4.44. The quantitative estimate of drug-likeness (QED) is 0.339. The van der Waals surface area contributed by atoms with Crippen LogP contribution in [0.3, 0.4) is 0 Å². The maximum absolute atomic E-state index is 12.9. The van der Waals surface area contributed by atoms with Crippen molar-refractivity contribution in [1.82, 2.24) is 15.0 Å². The van der Waals surface area contributed by atoms with Crippen LogP contribution in [-0.2, 0) is 23.5 Å². The van der Waals surface area contributed by atoms with Gasteiger partial charge in [0, 0.05) is 23.3 Å². The third-order valence-electron chi connectivity index (χ3n) is 4.68. The fourth-order valence-corrected chi connectivity index (χ4v) is 4.06. The molecule has 0 amide bonds. The number of rotatable bonds is 9. The molecule has 178 valence electrons. The zero-order valence-corrected chi connectivity index (χ0v) is 18.8. The number of pyridine rings is 1. The average molecular weight is 491 g/mol. The lowest BCUT2D eigenvalue weighted by atomic mass is 10.2. The number of hydrogen-bond donors (Lipinski definition) is 1. The van der Waals surface area contributed by atoms with Gasteiger partial charge < -0.3 is 18.8 Å². The van der Waals surface area contributed by atoms with Gasteiger partial charge in [0.2, 0.25) is 0 Å². The van der Waals surface area contributed by atoms with Crippen LogP contribution >= 0.6 is 0 Å². The van der Waals surface area contributed by atoms with Gasteiger partial charge >= 0.3 is 11.3 Å². The second kappa shape index (κ2) is 10.2. The van der Waals surface area contributed by atoms with Crippen LogP contribution in [0.5, 0.6) is 17.2 Å². The predicted molar refractivity (Wildman–Crippen MR) is 119 cm³/mol. The van der Waals surface area contributed by atoms with E-state index >= 15 is 0 Å². The van der Waals surface area contributed by atoms with Crippen LogP contribution in [0.2, 0.25) is 0 Å². The molecule has 0 aliphatic carbocycles. The first-order valence-corrected chi connectivity index (χ1v) is 11.4. The molecule has 1 atom stereocenters. The van der Waals surface area contributed by atoms with Gasteiger partial charge in [-0.25, -0.2) is 0 Å². The van der Waals surface area contributed by atoms with Crippen molar-refractivity contribution >= 4 is 22.2 Å². The summed E-state index contributed by atoms with van der Waals surface area (Å²) in [4.78, 5) is 11.5. The molecule has 0 radical (unpaired) electrons. The standard InChI is InChI=1S/C23H20F3N3O4S/c1-31-21-11-27-16(9-20(21)32-12-15-5-3-2-4-6-15)13-34(30)22-28-18-8-7-17(10-19(18)29-22)33-14-23(24,25)26/h2-11H,12-14H2,1H3,(H,28,29). The molecule has 2 aromatic heterocycles. The number of aromatic amines is 1. The van der Waals surface area contributed by atoms with E-state index in [1.54, 1.807) is 6.07 Å². The van der Waals surface area contributed by atoms with E-state index in [0.717, 1.165) is 5.56 Å². The highest BCUT2D eigenvalue weighted by Gasteiger charge is 2.28. The number of halogens is 3. The lowest BCUT2D eigenvalue weighted by molar-refractivity contribution is -0.153. The summed E-state index contributed by atoms with van der Waals surface area (Å²) in [7, 11) is 1.51. The van der Waals surface area contributed by atoms with Gasteiger partial charge in [-0.15, -0.1) is 0 Å². The van der Waals surface area contributed by atoms with Crippen LogP contribution in [0, 0.1) is 0 Å². The summed E-state index contributed by atoms with van der Waals surface area (Å²) in [5.74, 6) is 0.971. The molecule has 34 heavy (non-hydrogen) atoms. The number of aromatic nitrogens is 3. The van der Waals surface area contributed by atoms with Crippen LogP contribution in [0.4, 0.5) is 13.2 Å². The fraction of sp³-hybridized carbons (Fsp3) is 0.217. The van der Waals surface area contributed by atoms with Crippen molar-refractivity contribution < 1.29 is 31.9 Å². The smallest absolute Gasteiger partial charge is 0.422 e. The number of ether oxygens (including phenoxy) is 3. The van der Waals surface area contributed by atoms with Gasteiger partial charge in [0.25, 0.3) is 0 Å². The molecule has 0 saturated carbocycles. The van der Waals surface area contributed by atoms with Crippen molar-refractivity contribution in [3.8, 4) is 17.2 Å². The number of nitrogens with one attached hydrogen (secondary N) is 1. The second-order valence-corrected chi connectivity index (χ2v) is 8.58. The minimum absolute atomic E-state index is 0.0192. The summed E-state index contributed by atoms with van der Waals surface area (Å²) < 4.78 is 65.9. The van der Waals surface area contributed by atoms with E-state index in [9.17, 15) is 17.7 Å². The summed E-state index contributed by atoms with van der Waals surface area (Å²) in [6, 6.07) is 15.5. The van der Waals surface area contributed by atoms with Crippen molar-refractivity contribution in [2.75, 3.05) is 13.7 Å². The third-order valence-corrected chi connectivity index (χ3v) is 5.86. The Hall–Kier alpha value is -3.44. The van der Waals surface area contributed by atoms with E-state index in [1.165, 1.54) is 31.5 Å². The average Bonchev–Trinajstić information content (AvgIpc) is 3.25. The Labute approximate surface area is 196 Å². The largest absolute Gasteiger partial charge is 0.609 e. The van der Waals surface area contributed by atoms with Gasteiger partial charge in [-0.05, 0) is 17.7 Å². The topological polar surface area (TPSA) is 92.3 Å². The van der Waals surface area contributed by atoms with Crippen LogP contribution in [0.25, 0.3) is 11.0 Å². The molecule has 0 spiro atoms. The number of nitrogens with zero attached hydrogens (tertiary/aromatic N) is 2. The van der Waals surface area contributed by atoms with E-state index in [-0.39, 0.29) is 16.7 Å². The van der Waals surface area contributed by atoms with E-state index in [2.05, 4.69) is 15.0 Å². The summed E-state index contributed by atoms with van der Waals surface area (Å²) in [6.07, 6.45) is -2.95. The molecule has 1 N–H and O–H groups in total. The molecular weight excluding hydrogens is 471 g/mol. The molecule has 11 heteroatoms. The van der Waals surface area contributed by atoms with Gasteiger partial charge in [-0.3, -0.25) is 9.97 Å². The van der Waals surface area contributed by atoms with Gasteiger partial charge in [0.05, 0.1) is 30.0 Å². The first-order valence-electron chi connectivity index (χ1n) is 10.1. The predicted octanol–water partition coefficient (Wildman–Crippen LogP) is 4.79. The van der Waals surface area contributed by atoms with Gasteiger partial charge in [-0.1, -0.05) is 30.3 Å². The molecule has 0 bridgehead atoms. The monoisotopic (exact) mass is 491 g/mol. The lowest BCUT2D eigenvalue weighted by Gasteiger charge is -2.12. The molecule has 2 heterocycles. The Balaban J connectivity index is 1.46. The second-order valence-electron chi connectivity index (χ2n) is 7.22. The van der Waals surface area contributed by atoms with Crippen LogP contribution in [-0.4, -0.2) is 39.4 Å². The number of H-pyrrole nitrogens is 1. The lowest BCUT2D eigenvalue weighted by Crippen LogP contribution is -2.19. The third kappa shape index (κ3) is 6.12. The van der Waals surface area contributed by atoms with E-state index in [0.29, 0.717) is 34.8 Å². The summed E-state index contributed by atoms with van der Waals surface area (Å²) in [5, 5.41) is 0.173. The first kappa shape index (κ1) is 23.7. The molecule has 4 aromatic rings. The SMILES string of the molecule is COc1cnc(C[S+]([O-])c2nc3cc(OCC(F)(F)F)ccc3[nH]2)cc1OCc1ccccc1. The Morgan fingerprint density at radius 2 is 1.82 bits per heavy atom. The normalized spacial score (nSPS) is 12.5. The van der Waals surface area contributed by atoms with Crippen LogP contribution in [0.15, 0.2) is 66.0 Å². The maximum Gasteiger partial charge on any atom is 0.422 e. The Bertz CT molecular complexity index is 1250. The molecule has 1 unspecified atom stereocenters. The van der Waals surface area contributed by atoms with Crippen molar-refractivity contribution in [3.05, 3.63) is 72.1 Å². The number of methoxy groups -OCH3 is 1. The Morgan fingerprint density at radius 3 is 2.56 bits per heavy atom. The summed E-state index contributed by atoms with van der Waals surface area (Å²) in [5.41, 5.74) is 2.35. The molecule has 2 aromatic carbocycles. The molecule has 0 aliphatic heterocycles. The highest BCUT2D eigenvalue weighted by atomic mass is 32.2. The van der Waals surface area contributed by atoms with Crippen LogP contribution in [0.1, 0.15) is 11.3 Å². The number of imidazole rings is 1. The number of alkyl halides is 3. The zero-order chi connectivity index (χ0) is 24.1. The van der Waals surface area contributed by atoms with E-state index < -0.39 is 24.0 Å². The molecule has 0 saturated heterocycles. The number of benzene rings is 2.